The summed E-state index contributed by atoms with van der Waals surface area (Å²) in [5.74, 6) is 0.231. The van der Waals surface area contributed by atoms with Gasteiger partial charge in [0.1, 0.15) is 5.75 Å². The molecule has 0 unspecified atom stereocenters. The van der Waals surface area contributed by atoms with Crippen LogP contribution in [0.2, 0.25) is 0 Å². The predicted octanol–water partition coefficient (Wildman–Crippen LogP) is 4.78. The molecular formula is C26H29N3O4S. The summed E-state index contributed by atoms with van der Waals surface area (Å²) in [4.78, 5) is 12.8. The van der Waals surface area contributed by atoms with Crippen LogP contribution >= 0.6 is 0 Å². The molecule has 0 saturated carbocycles. The van der Waals surface area contributed by atoms with Crippen molar-refractivity contribution in [1.82, 2.24) is 8.87 Å². The molecule has 4 aromatic rings. The maximum absolute atomic E-state index is 13.0. The van der Waals surface area contributed by atoms with Gasteiger partial charge in [-0.2, -0.15) is 4.31 Å². The van der Waals surface area contributed by atoms with Crippen molar-refractivity contribution in [2.45, 2.75) is 32.2 Å². The highest BCUT2D eigenvalue weighted by molar-refractivity contribution is 7.89. The van der Waals surface area contributed by atoms with E-state index in [1.807, 2.05) is 37.3 Å². The van der Waals surface area contributed by atoms with Gasteiger partial charge in [0.25, 0.3) is 0 Å². The highest BCUT2D eigenvalue weighted by Crippen LogP contribution is 2.31. The molecule has 1 heterocycles. The van der Waals surface area contributed by atoms with Gasteiger partial charge in [0.15, 0.2) is 0 Å². The number of carbonyl (C=O) groups is 1. The van der Waals surface area contributed by atoms with Gasteiger partial charge in [0.05, 0.1) is 18.0 Å². The number of ether oxygens (including phenoxy) is 1. The Labute approximate surface area is 200 Å². The minimum atomic E-state index is -3.83. The second kappa shape index (κ2) is 9.48. The molecule has 4 rings (SSSR count). The maximum atomic E-state index is 13.0. The van der Waals surface area contributed by atoms with Crippen LogP contribution in [0.3, 0.4) is 0 Å². The Balaban J connectivity index is 1.53. The monoisotopic (exact) mass is 479 g/mol. The molecule has 1 N–H and O–H groups in total. The number of benzene rings is 3. The summed E-state index contributed by atoms with van der Waals surface area (Å²) < 4.78 is 34.8. The fourth-order valence-electron chi connectivity index (χ4n) is 4.24. The summed E-state index contributed by atoms with van der Waals surface area (Å²) in [7, 11) is -2.43. The van der Waals surface area contributed by atoms with Gasteiger partial charge in [-0.25, -0.2) is 8.42 Å². The van der Waals surface area contributed by atoms with Crippen molar-refractivity contribution in [2.75, 3.05) is 25.5 Å². The van der Waals surface area contributed by atoms with Crippen molar-refractivity contribution in [3.8, 4) is 5.75 Å². The first kappa shape index (κ1) is 23.8. The Kier molecular flexibility index (Phi) is 6.63. The van der Waals surface area contributed by atoms with Gasteiger partial charge in [-0.05, 0) is 68.8 Å². The van der Waals surface area contributed by atoms with E-state index in [0.29, 0.717) is 18.0 Å². The second-order valence-electron chi connectivity index (χ2n) is 8.16. The molecule has 0 aliphatic rings. The average molecular weight is 480 g/mol. The number of aromatic nitrogens is 1. The fraction of sp³-hybridized carbons (Fsp3) is 0.269. The number of hydrogen-bond donors (Lipinski definition) is 1. The lowest BCUT2D eigenvalue weighted by Crippen LogP contribution is -2.35. The number of nitrogens with zero attached hydrogens (tertiary/aromatic N) is 2. The zero-order valence-corrected chi connectivity index (χ0v) is 20.6. The molecule has 0 aliphatic carbocycles. The molecule has 178 valence electrons. The number of fused-ring (bicyclic) bond motifs is 3. The Morgan fingerprint density at radius 1 is 1.00 bits per heavy atom. The van der Waals surface area contributed by atoms with Crippen molar-refractivity contribution in [3.63, 3.8) is 0 Å². The van der Waals surface area contributed by atoms with E-state index in [4.69, 9.17) is 4.74 Å². The van der Waals surface area contributed by atoms with E-state index in [2.05, 4.69) is 28.9 Å². The van der Waals surface area contributed by atoms with E-state index >= 15 is 0 Å². The molecule has 8 heteroatoms. The van der Waals surface area contributed by atoms with Crippen molar-refractivity contribution in [1.29, 1.82) is 0 Å². The van der Waals surface area contributed by atoms with Crippen molar-refractivity contribution in [2.24, 2.45) is 0 Å². The van der Waals surface area contributed by atoms with Crippen LogP contribution in [-0.2, 0) is 21.4 Å². The topological polar surface area (TPSA) is 80.6 Å². The molecule has 0 radical (unpaired) electrons. The van der Waals surface area contributed by atoms with E-state index in [9.17, 15) is 13.2 Å². The van der Waals surface area contributed by atoms with Gasteiger partial charge < -0.3 is 14.6 Å². The van der Waals surface area contributed by atoms with Crippen LogP contribution in [0.5, 0.6) is 5.75 Å². The average Bonchev–Trinajstić information content (AvgIpc) is 3.13. The molecule has 0 spiro atoms. The third kappa shape index (κ3) is 4.38. The first-order chi connectivity index (χ1) is 16.3. The normalized spacial score (nSPS) is 11.9. The van der Waals surface area contributed by atoms with E-state index in [1.54, 1.807) is 19.1 Å². The molecule has 34 heavy (non-hydrogen) atoms. The highest BCUT2D eigenvalue weighted by Gasteiger charge is 2.24. The summed E-state index contributed by atoms with van der Waals surface area (Å²) in [6, 6.07) is 18.6. The number of sulfonamides is 1. The van der Waals surface area contributed by atoms with Gasteiger partial charge in [-0.15, -0.1) is 0 Å². The van der Waals surface area contributed by atoms with Crippen LogP contribution in [0.15, 0.2) is 65.6 Å². The van der Waals surface area contributed by atoms with Crippen molar-refractivity contribution >= 4 is 43.4 Å². The van der Waals surface area contributed by atoms with Crippen LogP contribution in [-0.4, -0.2) is 43.4 Å². The lowest BCUT2D eigenvalue weighted by atomic mass is 10.1. The number of aryl methyl sites for hydroxylation is 2. The predicted molar refractivity (Wildman–Crippen MR) is 136 cm³/mol. The highest BCUT2D eigenvalue weighted by atomic mass is 32.2. The molecule has 0 bridgehead atoms. The van der Waals surface area contributed by atoms with Gasteiger partial charge in [-0.3, -0.25) is 4.79 Å². The number of hydrogen-bond acceptors (Lipinski definition) is 4. The Hall–Kier alpha value is -3.36. The molecule has 7 nitrogen and oxygen atoms in total. The quantitative estimate of drug-likeness (QED) is 0.394. The number of likely N-dealkylation sites (N-methyl/N-ethyl adjacent to an activating group) is 1. The summed E-state index contributed by atoms with van der Waals surface area (Å²) in [6.45, 7) is 6.80. The summed E-state index contributed by atoms with van der Waals surface area (Å²) in [6.07, 6.45) is 0. The lowest BCUT2D eigenvalue weighted by Gasteiger charge is -2.18. The molecule has 0 fully saturated rings. The maximum Gasteiger partial charge on any atom is 0.243 e. The number of carbonyl (C=O) groups excluding carboxylic acids is 1. The number of anilines is 1. The lowest BCUT2D eigenvalue weighted by molar-refractivity contribution is -0.116. The van der Waals surface area contributed by atoms with Crippen LogP contribution in [0.4, 0.5) is 5.69 Å². The van der Waals surface area contributed by atoms with Gasteiger partial charge >= 0.3 is 0 Å². The summed E-state index contributed by atoms with van der Waals surface area (Å²) in [5, 5.41) is 5.00. The standard InChI is InChI=1S/C26H29N3O4S/c1-5-29-23-10-8-7-9-21(23)22-16-19(11-13-24(22)29)27-26(30)17-28(4)34(31,32)20-12-14-25(33-6-2)18(3)15-20/h7-16H,5-6,17H2,1-4H3,(H,27,30). The first-order valence-corrected chi connectivity index (χ1v) is 12.7. The molecule has 0 saturated heterocycles. The third-order valence-electron chi connectivity index (χ3n) is 5.89. The third-order valence-corrected chi connectivity index (χ3v) is 7.69. The first-order valence-electron chi connectivity index (χ1n) is 11.3. The van der Waals surface area contributed by atoms with Gasteiger partial charge in [-0.1, -0.05) is 18.2 Å². The second-order valence-corrected chi connectivity index (χ2v) is 10.2. The smallest absolute Gasteiger partial charge is 0.243 e. The Bertz CT molecular complexity index is 1470. The Morgan fingerprint density at radius 3 is 2.44 bits per heavy atom. The molecule has 3 aromatic carbocycles. The zero-order chi connectivity index (χ0) is 24.5. The molecule has 0 aliphatic heterocycles. The van der Waals surface area contributed by atoms with Crippen LogP contribution in [0.25, 0.3) is 21.8 Å². The summed E-state index contributed by atoms with van der Waals surface area (Å²) >= 11 is 0. The largest absolute Gasteiger partial charge is 0.494 e. The van der Waals surface area contributed by atoms with Crippen molar-refractivity contribution < 1.29 is 17.9 Å². The van der Waals surface area contributed by atoms with Crippen LogP contribution < -0.4 is 10.1 Å². The number of para-hydroxylation sites is 1. The molecule has 0 atom stereocenters. The van der Waals surface area contributed by atoms with Crippen molar-refractivity contribution in [3.05, 3.63) is 66.2 Å². The number of nitrogens with one attached hydrogen (secondary N) is 1. The Morgan fingerprint density at radius 2 is 1.74 bits per heavy atom. The van der Waals surface area contributed by atoms with E-state index in [0.717, 1.165) is 38.2 Å². The SMILES string of the molecule is CCOc1ccc(S(=O)(=O)N(C)CC(=O)Nc2ccc3c(c2)c2ccccc2n3CC)cc1C. The zero-order valence-electron chi connectivity index (χ0n) is 19.8. The van der Waals surface area contributed by atoms with Crippen LogP contribution in [0, 0.1) is 6.92 Å². The minimum absolute atomic E-state index is 0.123. The van der Waals surface area contributed by atoms with E-state index in [1.165, 1.54) is 13.1 Å². The van der Waals surface area contributed by atoms with Gasteiger partial charge in [0, 0.05) is 41.1 Å². The summed E-state index contributed by atoms with van der Waals surface area (Å²) in [5.41, 5.74) is 3.58. The number of amides is 1. The number of rotatable bonds is 8. The minimum Gasteiger partial charge on any atom is -0.494 e. The molecule has 1 amide bonds. The van der Waals surface area contributed by atoms with E-state index < -0.39 is 15.9 Å². The van der Waals surface area contributed by atoms with E-state index in [-0.39, 0.29) is 11.4 Å². The van der Waals surface area contributed by atoms with Crippen LogP contribution in [0.1, 0.15) is 19.4 Å². The molecular weight excluding hydrogens is 450 g/mol. The van der Waals surface area contributed by atoms with Gasteiger partial charge in [0.2, 0.25) is 15.9 Å². The fourth-order valence-corrected chi connectivity index (χ4v) is 5.45. The molecule has 1 aromatic heterocycles.